The Kier molecular flexibility index (Phi) is 6.27. The normalized spacial score (nSPS) is 15.4. The van der Waals surface area contributed by atoms with Crippen LogP contribution in [-0.2, 0) is 6.54 Å². The summed E-state index contributed by atoms with van der Waals surface area (Å²) in [6.45, 7) is 3.62. The lowest BCUT2D eigenvalue weighted by atomic mass is 10.1. The van der Waals surface area contributed by atoms with Gasteiger partial charge in [-0.25, -0.2) is 9.97 Å². The van der Waals surface area contributed by atoms with Crippen LogP contribution in [0.1, 0.15) is 5.56 Å². The molecule has 0 atom stereocenters. The third-order valence-electron chi connectivity index (χ3n) is 5.68. The van der Waals surface area contributed by atoms with E-state index in [-0.39, 0.29) is 24.1 Å². The molecule has 176 valence electrons. The summed E-state index contributed by atoms with van der Waals surface area (Å²) in [4.78, 5) is 24.0. The molecule has 0 unspecified atom stereocenters. The zero-order chi connectivity index (χ0) is 23.7. The molecule has 2 aliphatic rings. The van der Waals surface area contributed by atoms with Gasteiger partial charge in [0.05, 0.1) is 15.6 Å². The first-order valence-electron chi connectivity index (χ1n) is 10.6. The molecule has 2 aromatic carbocycles. The summed E-state index contributed by atoms with van der Waals surface area (Å²) in [5, 5.41) is 15.7. The van der Waals surface area contributed by atoms with Gasteiger partial charge >= 0.3 is 5.69 Å². The van der Waals surface area contributed by atoms with E-state index < -0.39 is 4.92 Å². The summed E-state index contributed by atoms with van der Waals surface area (Å²) < 4.78 is 10.8. The van der Waals surface area contributed by atoms with Crippen molar-refractivity contribution in [2.75, 3.05) is 43.2 Å². The molecule has 0 spiro atoms. The molecule has 2 aliphatic heterocycles. The van der Waals surface area contributed by atoms with Crippen LogP contribution < -0.4 is 19.7 Å². The molecule has 0 amide bonds. The summed E-state index contributed by atoms with van der Waals surface area (Å²) >= 11 is 12.2. The molecule has 1 fully saturated rings. The van der Waals surface area contributed by atoms with Gasteiger partial charge in [0.25, 0.3) is 0 Å². The molecule has 3 heterocycles. The molecule has 3 aromatic rings. The van der Waals surface area contributed by atoms with Crippen molar-refractivity contribution in [1.29, 1.82) is 0 Å². The summed E-state index contributed by atoms with van der Waals surface area (Å²) in [5.74, 6) is 1.86. The van der Waals surface area contributed by atoms with Gasteiger partial charge in [-0.05, 0) is 35.9 Å². The molecule has 0 saturated carbocycles. The minimum absolute atomic E-state index is 0.0713. The van der Waals surface area contributed by atoms with Crippen LogP contribution in [0.5, 0.6) is 11.5 Å². The van der Waals surface area contributed by atoms with Gasteiger partial charge in [0.1, 0.15) is 6.33 Å². The fraction of sp³-hybridized carbons (Fsp3) is 0.273. The fourth-order valence-electron chi connectivity index (χ4n) is 3.99. The monoisotopic (exact) mass is 502 g/mol. The predicted molar refractivity (Wildman–Crippen MR) is 128 cm³/mol. The van der Waals surface area contributed by atoms with E-state index in [0.717, 1.165) is 36.7 Å². The smallest absolute Gasteiger partial charge is 0.353 e. The minimum atomic E-state index is -0.472. The zero-order valence-electron chi connectivity index (χ0n) is 17.9. The van der Waals surface area contributed by atoms with E-state index in [1.54, 1.807) is 18.2 Å². The molecule has 0 aliphatic carbocycles. The highest BCUT2D eigenvalue weighted by Crippen LogP contribution is 2.36. The van der Waals surface area contributed by atoms with Gasteiger partial charge in [0.2, 0.25) is 18.4 Å². The molecule has 1 N–H and O–H groups in total. The maximum absolute atomic E-state index is 12.0. The van der Waals surface area contributed by atoms with Gasteiger partial charge in [-0.2, -0.15) is 0 Å². The van der Waals surface area contributed by atoms with Gasteiger partial charge in [0.15, 0.2) is 11.5 Å². The quantitative estimate of drug-likeness (QED) is 0.385. The Morgan fingerprint density at radius 1 is 1.03 bits per heavy atom. The van der Waals surface area contributed by atoms with Crippen LogP contribution in [0.25, 0.3) is 0 Å². The molecule has 0 radical (unpaired) electrons. The number of anilines is 3. The van der Waals surface area contributed by atoms with Crippen molar-refractivity contribution >= 4 is 46.2 Å². The van der Waals surface area contributed by atoms with Crippen molar-refractivity contribution in [3.8, 4) is 11.5 Å². The van der Waals surface area contributed by atoms with Crippen LogP contribution in [-0.4, -0.2) is 52.8 Å². The number of nitrogens with zero attached hydrogens (tertiary/aromatic N) is 5. The molecule has 1 aromatic heterocycles. The number of benzene rings is 2. The average Bonchev–Trinajstić information content (AvgIpc) is 3.29. The largest absolute Gasteiger partial charge is 0.454 e. The number of hydrogen-bond acceptors (Lipinski definition) is 9. The number of nitro groups is 1. The van der Waals surface area contributed by atoms with E-state index in [1.807, 2.05) is 23.1 Å². The number of rotatable bonds is 6. The van der Waals surface area contributed by atoms with E-state index in [1.165, 1.54) is 6.33 Å². The Morgan fingerprint density at radius 2 is 1.82 bits per heavy atom. The van der Waals surface area contributed by atoms with E-state index in [9.17, 15) is 10.1 Å². The Labute approximate surface area is 205 Å². The third-order valence-corrected chi connectivity index (χ3v) is 6.23. The van der Waals surface area contributed by atoms with Crippen LogP contribution >= 0.6 is 23.2 Å². The van der Waals surface area contributed by atoms with Crippen molar-refractivity contribution in [1.82, 2.24) is 14.9 Å². The van der Waals surface area contributed by atoms with Gasteiger partial charge < -0.3 is 19.7 Å². The highest BCUT2D eigenvalue weighted by Gasteiger charge is 2.30. The minimum Gasteiger partial charge on any atom is -0.454 e. The van der Waals surface area contributed by atoms with Crippen LogP contribution in [0.15, 0.2) is 42.7 Å². The Bertz CT molecular complexity index is 1240. The first kappa shape index (κ1) is 22.5. The van der Waals surface area contributed by atoms with Crippen LogP contribution in [0.2, 0.25) is 10.0 Å². The maximum atomic E-state index is 12.0. The van der Waals surface area contributed by atoms with Gasteiger partial charge in [-0.15, -0.1) is 0 Å². The molecular formula is C22H20Cl2N6O4. The summed E-state index contributed by atoms with van der Waals surface area (Å²) in [7, 11) is 0. The first-order valence-corrected chi connectivity index (χ1v) is 11.3. The van der Waals surface area contributed by atoms with Crippen molar-refractivity contribution in [3.05, 3.63) is 68.4 Å². The SMILES string of the molecule is O=[N+]([O-])c1c(Nc2ccc(Cl)cc2Cl)ncnc1N1CCN(Cc2ccc3c(c2)OCO3)CC1. The summed E-state index contributed by atoms with van der Waals surface area (Å²) in [6, 6.07) is 10.8. The highest BCUT2D eigenvalue weighted by molar-refractivity contribution is 6.36. The zero-order valence-corrected chi connectivity index (χ0v) is 19.4. The Balaban J connectivity index is 1.30. The number of piperazine rings is 1. The number of ether oxygens (including phenoxy) is 2. The summed E-state index contributed by atoms with van der Waals surface area (Å²) in [6.07, 6.45) is 1.31. The molecule has 5 rings (SSSR count). The number of aromatic nitrogens is 2. The second kappa shape index (κ2) is 9.49. The highest BCUT2D eigenvalue weighted by atomic mass is 35.5. The van der Waals surface area contributed by atoms with Crippen molar-refractivity contribution in [3.63, 3.8) is 0 Å². The Hall–Kier alpha value is -3.34. The molecule has 10 nitrogen and oxygen atoms in total. The van der Waals surface area contributed by atoms with E-state index >= 15 is 0 Å². The van der Waals surface area contributed by atoms with Gasteiger partial charge in [-0.3, -0.25) is 15.0 Å². The van der Waals surface area contributed by atoms with E-state index in [0.29, 0.717) is 28.8 Å². The number of nitrogens with one attached hydrogen (secondary N) is 1. The third kappa shape index (κ3) is 4.65. The molecule has 34 heavy (non-hydrogen) atoms. The van der Waals surface area contributed by atoms with Crippen LogP contribution in [0.3, 0.4) is 0 Å². The second-order valence-electron chi connectivity index (χ2n) is 7.85. The van der Waals surface area contributed by atoms with E-state index in [2.05, 4.69) is 20.2 Å². The number of hydrogen-bond donors (Lipinski definition) is 1. The second-order valence-corrected chi connectivity index (χ2v) is 8.70. The lowest BCUT2D eigenvalue weighted by Gasteiger charge is -2.35. The number of halogens is 2. The van der Waals surface area contributed by atoms with Crippen molar-refractivity contribution < 1.29 is 14.4 Å². The summed E-state index contributed by atoms with van der Waals surface area (Å²) in [5.41, 5.74) is 1.39. The lowest BCUT2D eigenvalue weighted by molar-refractivity contribution is -0.383. The van der Waals surface area contributed by atoms with Crippen LogP contribution in [0, 0.1) is 10.1 Å². The molecule has 0 bridgehead atoms. The Morgan fingerprint density at radius 3 is 2.59 bits per heavy atom. The van der Waals surface area contributed by atoms with Gasteiger partial charge in [-0.1, -0.05) is 29.3 Å². The van der Waals surface area contributed by atoms with Gasteiger partial charge in [0, 0.05) is 37.7 Å². The van der Waals surface area contributed by atoms with Crippen LogP contribution in [0.4, 0.5) is 23.0 Å². The molecule has 1 saturated heterocycles. The molecule has 12 heteroatoms. The number of fused-ring (bicyclic) bond motifs is 1. The first-order chi connectivity index (χ1) is 16.5. The lowest BCUT2D eigenvalue weighted by Crippen LogP contribution is -2.46. The van der Waals surface area contributed by atoms with E-state index in [4.69, 9.17) is 32.7 Å². The standard InChI is InChI=1S/C22H20Cl2N6O4/c23-15-2-3-17(16(24)10-15)27-21-20(30(31)32)22(26-12-25-21)29-7-5-28(6-8-29)11-14-1-4-18-19(9-14)34-13-33-18/h1-4,9-10,12H,5-8,11,13H2,(H,25,26,27). The topological polar surface area (TPSA) is 106 Å². The predicted octanol–water partition coefficient (Wildman–Crippen LogP) is 4.49. The maximum Gasteiger partial charge on any atom is 0.353 e. The average molecular weight is 503 g/mol. The van der Waals surface area contributed by atoms with Crippen molar-refractivity contribution in [2.24, 2.45) is 0 Å². The molecular weight excluding hydrogens is 483 g/mol. The fourth-order valence-corrected chi connectivity index (χ4v) is 4.45. The van der Waals surface area contributed by atoms with Crippen molar-refractivity contribution in [2.45, 2.75) is 6.54 Å².